The minimum Gasteiger partial charge on any atom is -0.508 e. The van der Waals surface area contributed by atoms with E-state index in [1.165, 1.54) is 12.1 Å². The smallest absolute Gasteiger partial charge is 0.416 e. The van der Waals surface area contributed by atoms with Gasteiger partial charge in [-0.1, -0.05) is 6.07 Å². The van der Waals surface area contributed by atoms with Gasteiger partial charge in [0.2, 0.25) is 0 Å². The molecule has 0 bridgehead atoms. The van der Waals surface area contributed by atoms with Crippen LogP contribution in [0, 0.1) is 6.92 Å². The van der Waals surface area contributed by atoms with Gasteiger partial charge in [0, 0.05) is 18.4 Å². The maximum absolute atomic E-state index is 12.7. The largest absolute Gasteiger partial charge is 0.508 e. The van der Waals surface area contributed by atoms with Crippen molar-refractivity contribution in [3.8, 4) is 5.75 Å². The number of phenols is 1. The number of nitrogens with zero attached hydrogens (tertiary/aromatic N) is 1. The Balaban J connectivity index is 0.00000220. The molecule has 2 nitrogen and oxygen atoms in total. The fourth-order valence-electron chi connectivity index (χ4n) is 1.89. The normalized spacial score (nSPS) is 10.9. The lowest BCUT2D eigenvalue weighted by Gasteiger charge is -2.21. The highest BCUT2D eigenvalue weighted by atomic mass is 35.5. The van der Waals surface area contributed by atoms with Gasteiger partial charge in [-0.2, -0.15) is 13.2 Å². The lowest BCUT2D eigenvalue weighted by molar-refractivity contribution is -0.137. The Morgan fingerprint density at radius 3 is 2.19 bits per heavy atom. The quantitative estimate of drug-likeness (QED) is 0.850. The fourth-order valence-corrected chi connectivity index (χ4v) is 1.89. The van der Waals surface area contributed by atoms with E-state index in [4.69, 9.17) is 0 Å². The number of hydrogen-bond acceptors (Lipinski definition) is 2. The maximum Gasteiger partial charge on any atom is 0.416 e. The van der Waals surface area contributed by atoms with Gasteiger partial charge in [0.15, 0.2) is 0 Å². The van der Waals surface area contributed by atoms with Crippen molar-refractivity contribution < 1.29 is 18.3 Å². The third kappa shape index (κ3) is 3.82. The zero-order valence-electron chi connectivity index (χ0n) is 11.5. The summed E-state index contributed by atoms with van der Waals surface area (Å²) in [6.07, 6.45) is -4.36. The molecule has 0 aliphatic heterocycles. The molecule has 0 heterocycles. The van der Waals surface area contributed by atoms with Crippen LogP contribution in [0.25, 0.3) is 0 Å². The van der Waals surface area contributed by atoms with Crippen LogP contribution in [-0.4, -0.2) is 12.2 Å². The summed E-state index contributed by atoms with van der Waals surface area (Å²) in [5.74, 6) is 0.159. The Morgan fingerprint density at radius 1 is 1.00 bits per heavy atom. The number of rotatable bonds is 2. The highest BCUT2D eigenvalue weighted by molar-refractivity contribution is 5.85. The SMILES string of the molecule is Cc1cc(N(C)c2cccc(C(F)(F)F)c2)ccc1O.Cl. The molecule has 2 rings (SSSR count). The minimum atomic E-state index is -4.36. The molecule has 0 aromatic heterocycles. The molecular weight excluding hydrogens is 303 g/mol. The lowest BCUT2D eigenvalue weighted by atomic mass is 10.1. The molecule has 0 amide bonds. The molecule has 21 heavy (non-hydrogen) atoms. The monoisotopic (exact) mass is 317 g/mol. The van der Waals surface area contributed by atoms with E-state index in [-0.39, 0.29) is 18.2 Å². The predicted molar refractivity (Wildman–Crippen MR) is 79.6 cm³/mol. The Morgan fingerprint density at radius 2 is 1.62 bits per heavy atom. The van der Waals surface area contributed by atoms with Gasteiger partial charge in [-0.15, -0.1) is 12.4 Å². The van der Waals surface area contributed by atoms with Crippen LogP contribution >= 0.6 is 12.4 Å². The molecule has 0 spiro atoms. The van der Waals surface area contributed by atoms with Gasteiger partial charge in [-0.25, -0.2) is 0 Å². The molecule has 0 aliphatic rings. The molecule has 2 aromatic rings. The minimum absolute atomic E-state index is 0. The van der Waals surface area contributed by atoms with Crippen LogP contribution in [0.5, 0.6) is 5.75 Å². The third-order valence-electron chi connectivity index (χ3n) is 3.13. The molecule has 0 fully saturated rings. The Kier molecular flexibility index (Phi) is 5.12. The molecule has 0 unspecified atom stereocenters. The molecule has 6 heteroatoms. The van der Waals surface area contributed by atoms with Crippen molar-refractivity contribution in [3.05, 3.63) is 53.6 Å². The summed E-state index contributed by atoms with van der Waals surface area (Å²) in [6, 6.07) is 10.0. The highest BCUT2D eigenvalue weighted by Gasteiger charge is 2.30. The second kappa shape index (κ2) is 6.26. The average Bonchev–Trinajstić information content (AvgIpc) is 2.40. The molecule has 1 N–H and O–H groups in total. The van der Waals surface area contributed by atoms with Crippen LogP contribution in [0.1, 0.15) is 11.1 Å². The van der Waals surface area contributed by atoms with Crippen LogP contribution in [0.15, 0.2) is 42.5 Å². The molecular formula is C15H15ClF3NO. The summed E-state index contributed by atoms with van der Waals surface area (Å²) < 4.78 is 38.1. The van der Waals surface area contributed by atoms with Crippen LogP contribution < -0.4 is 4.90 Å². The van der Waals surface area contributed by atoms with Crippen molar-refractivity contribution >= 4 is 23.8 Å². The van der Waals surface area contributed by atoms with Crippen LogP contribution in [-0.2, 0) is 6.18 Å². The molecule has 0 aliphatic carbocycles. The second-order valence-electron chi connectivity index (χ2n) is 4.58. The van der Waals surface area contributed by atoms with Crippen molar-refractivity contribution in [2.24, 2.45) is 0 Å². The zero-order valence-corrected chi connectivity index (χ0v) is 12.3. The summed E-state index contributed by atoms with van der Waals surface area (Å²) in [5.41, 5.74) is 1.13. The van der Waals surface area contributed by atoms with E-state index in [1.807, 2.05) is 0 Å². The molecule has 0 saturated carbocycles. The van der Waals surface area contributed by atoms with Gasteiger partial charge in [0.25, 0.3) is 0 Å². The van der Waals surface area contributed by atoms with Gasteiger partial charge in [-0.05, 0) is 48.9 Å². The van der Waals surface area contributed by atoms with Crippen molar-refractivity contribution in [2.45, 2.75) is 13.1 Å². The van der Waals surface area contributed by atoms with Crippen LogP contribution in [0.4, 0.5) is 24.5 Å². The summed E-state index contributed by atoms with van der Waals surface area (Å²) in [6.45, 7) is 1.73. The van der Waals surface area contributed by atoms with Crippen molar-refractivity contribution in [2.75, 3.05) is 11.9 Å². The van der Waals surface area contributed by atoms with E-state index in [0.29, 0.717) is 16.9 Å². The van der Waals surface area contributed by atoms with Crippen molar-refractivity contribution in [1.82, 2.24) is 0 Å². The molecule has 0 atom stereocenters. The number of halogens is 4. The summed E-state index contributed by atoms with van der Waals surface area (Å²) >= 11 is 0. The first-order valence-corrected chi connectivity index (χ1v) is 5.99. The Bertz CT molecular complexity index is 629. The number of alkyl halides is 3. The first-order chi connectivity index (χ1) is 9.29. The molecule has 114 valence electrons. The Labute approximate surface area is 127 Å². The standard InChI is InChI=1S/C15H14F3NO.ClH/c1-10-8-13(6-7-14(10)20)19(2)12-5-3-4-11(9-12)15(16,17)18;/h3-9,20H,1-2H3;1H. The summed E-state index contributed by atoms with van der Waals surface area (Å²) in [4.78, 5) is 1.64. The van der Waals surface area contributed by atoms with E-state index >= 15 is 0 Å². The van der Waals surface area contributed by atoms with Gasteiger partial charge >= 0.3 is 6.18 Å². The maximum atomic E-state index is 12.7. The molecule has 0 saturated heterocycles. The number of anilines is 2. The van der Waals surface area contributed by atoms with Crippen LogP contribution in [0.2, 0.25) is 0 Å². The number of aryl methyl sites for hydroxylation is 1. The topological polar surface area (TPSA) is 23.5 Å². The van der Waals surface area contributed by atoms with E-state index < -0.39 is 11.7 Å². The first kappa shape index (κ1) is 17.2. The van der Waals surface area contributed by atoms with Gasteiger partial charge < -0.3 is 10.0 Å². The average molecular weight is 318 g/mol. The number of benzene rings is 2. The lowest BCUT2D eigenvalue weighted by Crippen LogP contribution is -2.12. The van der Waals surface area contributed by atoms with E-state index in [2.05, 4.69) is 0 Å². The van der Waals surface area contributed by atoms with E-state index in [1.54, 1.807) is 37.1 Å². The number of aromatic hydroxyl groups is 1. The van der Waals surface area contributed by atoms with E-state index in [9.17, 15) is 18.3 Å². The van der Waals surface area contributed by atoms with Crippen molar-refractivity contribution in [1.29, 1.82) is 0 Å². The fraction of sp³-hybridized carbons (Fsp3) is 0.200. The first-order valence-electron chi connectivity index (χ1n) is 5.99. The van der Waals surface area contributed by atoms with Gasteiger partial charge in [-0.3, -0.25) is 0 Å². The second-order valence-corrected chi connectivity index (χ2v) is 4.58. The molecule has 2 aromatic carbocycles. The summed E-state index contributed by atoms with van der Waals surface area (Å²) in [5, 5.41) is 9.48. The Hall–Kier alpha value is -1.88. The van der Waals surface area contributed by atoms with E-state index in [0.717, 1.165) is 12.1 Å². The number of hydrogen-bond donors (Lipinski definition) is 1. The zero-order chi connectivity index (χ0) is 14.9. The number of phenolic OH excluding ortho intramolecular Hbond substituents is 1. The predicted octanol–water partition coefficient (Wildman–Crippen LogP) is 4.91. The van der Waals surface area contributed by atoms with Crippen molar-refractivity contribution in [3.63, 3.8) is 0 Å². The highest BCUT2D eigenvalue weighted by Crippen LogP contribution is 2.33. The summed E-state index contributed by atoms with van der Waals surface area (Å²) in [7, 11) is 1.68. The van der Waals surface area contributed by atoms with Crippen LogP contribution in [0.3, 0.4) is 0 Å². The van der Waals surface area contributed by atoms with Gasteiger partial charge in [0.1, 0.15) is 5.75 Å². The third-order valence-corrected chi connectivity index (χ3v) is 3.13. The van der Waals surface area contributed by atoms with Gasteiger partial charge in [0.05, 0.1) is 5.56 Å². The molecule has 0 radical (unpaired) electrons.